The zero-order valence-corrected chi connectivity index (χ0v) is 11.3. The number of carbonyl (C=O) groups is 1. The van der Waals surface area contributed by atoms with E-state index in [1.807, 2.05) is 18.2 Å². The zero-order valence-electron chi connectivity index (χ0n) is 8.09. The Balaban J connectivity index is 2.10. The molecule has 1 aromatic rings. The minimum atomic E-state index is 0.0130. The largest absolute Gasteiger partial charge is 0.349 e. The first-order valence-electron chi connectivity index (χ1n) is 4.93. The number of rotatable bonds is 2. The second-order valence-electron chi connectivity index (χ2n) is 3.73. The molecule has 0 spiro atoms. The molecule has 4 heteroatoms. The third kappa shape index (κ3) is 2.61. The maximum Gasteiger partial charge on any atom is 0.252 e. The molecule has 0 aliphatic heterocycles. The second-order valence-corrected chi connectivity index (χ2v) is 5.50. The van der Waals surface area contributed by atoms with Gasteiger partial charge in [0.05, 0.1) is 5.56 Å². The van der Waals surface area contributed by atoms with E-state index in [-0.39, 0.29) is 5.91 Å². The lowest BCUT2D eigenvalue weighted by atomic mass is 9.93. The minimum absolute atomic E-state index is 0.0130. The van der Waals surface area contributed by atoms with Gasteiger partial charge in [0, 0.05) is 15.0 Å². The summed E-state index contributed by atoms with van der Waals surface area (Å²) in [7, 11) is 0. The summed E-state index contributed by atoms with van der Waals surface area (Å²) in [5, 5.41) is 3.01. The Morgan fingerprint density at radius 1 is 1.33 bits per heavy atom. The van der Waals surface area contributed by atoms with E-state index >= 15 is 0 Å². The van der Waals surface area contributed by atoms with Gasteiger partial charge in [0.25, 0.3) is 5.91 Å². The van der Waals surface area contributed by atoms with Crippen LogP contribution in [-0.2, 0) is 0 Å². The summed E-state index contributed by atoms with van der Waals surface area (Å²) in [6.07, 6.45) is 3.45. The maximum absolute atomic E-state index is 11.8. The Morgan fingerprint density at radius 3 is 2.60 bits per heavy atom. The summed E-state index contributed by atoms with van der Waals surface area (Å²) >= 11 is 6.75. The number of hydrogen-bond acceptors (Lipinski definition) is 1. The molecule has 0 unspecified atom stereocenters. The van der Waals surface area contributed by atoms with Crippen molar-refractivity contribution in [1.82, 2.24) is 5.32 Å². The van der Waals surface area contributed by atoms with Gasteiger partial charge in [0.2, 0.25) is 0 Å². The summed E-state index contributed by atoms with van der Waals surface area (Å²) in [5.74, 6) is 0.0130. The number of carbonyl (C=O) groups excluding carboxylic acids is 1. The third-order valence-corrected chi connectivity index (χ3v) is 3.77. The van der Waals surface area contributed by atoms with Crippen molar-refractivity contribution in [2.24, 2.45) is 0 Å². The molecular weight excluding hydrogens is 322 g/mol. The van der Waals surface area contributed by atoms with Crippen molar-refractivity contribution in [2.45, 2.75) is 25.3 Å². The average Bonchev–Trinajstić information content (AvgIpc) is 2.11. The molecule has 1 aliphatic rings. The molecule has 1 saturated carbocycles. The Kier molecular flexibility index (Phi) is 3.46. The Labute approximate surface area is 106 Å². The van der Waals surface area contributed by atoms with Gasteiger partial charge in [0.15, 0.2) is 0 Å². The molecule has 1 N–H and O–H groups in total. The Bertz CT molecular complexity index is 388. The van der Waals surface area contributed by atoms with Crippen LogP contribution < -0.4 is 5.32 Å². The highest BCUT2D eigenvalue weighted by Gasteiger charge is 2.20. The van der Waals surface area contributed by atoms with Gasteiger partial charge in [-0.15, -0.1) is 0 Å². The van der Waals surface area contributed by atoms with Gasteiger partial charge in [-0.3, -0.25) is 4.79 Å². The molecular formula is C11H11Br2NO. The van der Waals surface area contributed by atoms with E-state index in [1.165, 1.54) is 6.42 Å². The van der Waals surface area contributed by atoms with Crippen molar-refractivity contribution < 1.29 is 4.79 Å². The Hall–Kier alpha value is -0.350. The van der Waals surface area contributed by atoms with Crippen LogP contribution >= 0.6 is 31.9 Å². The van der Waals surface area contributed by atoms with E-state index in [4.69, 9.17) is 0 Å². The third-order valence-electron chi connectivity index (χ3n) is 2.62. The van der Waals surface area contributed by atoms with Gasteiger partial charge in [-0.1, -0.05) is 15.9 Å². The van der Waals surface area contributed by atoms with E-state index in [0.29, 0.717) is 11.6 Å². The molecule has 2 rings (SSSR count). The molecule has 15 heavy (non-hydrogen) atoms. The lowest BCUT2D eigenvalue weighted by Crippen LogP contribution is -2.39. The lowest BCUT2D eigenvalue weighted by molar-refractivity contribution is 0.0916. The van der Waals surface area contributed by atoms with Crippen molar-refractivity contribution in [2.75, 3.05) is 0 Å². The summed E-state index contributed by atoms with van der Waals surface area (Å²) in [5.41, 5.74) is 0.699. The number of halogens is 2. The van der Waals surface area contributed by atoms with E-state index in [0.717, 1.165) is 21.8 Å². The van der Waals surface area contributed by atoms with Gasteiger partial charge < -0.3 is 5.32 Å². The predicted molar refractivity (Wildman–Crippen MR) is 66.9 cm³/mol. The predicted octanol–water partition coefficient (Wildman–Crippen LogP) is 3.49. The number of amides is 1. The molecule has 1 amide bonds. The normalized spacial score (nSPS) is 15.9. The summed E-state index contributed by atoms with van der Waals surface area (Å²) in [4.78, 5) is 11.8. The second kappa shape index (κ2) is 4.66. The van der Waals surface area contributed by atoms with Crippen LogP contribution in [0.4, 0.5) is 0 Å². The highest BCUT2D eigenvalue weighted by molar-refractivity contribution is 9.11. The zero-order chi connectivity index (χ0) is 10.8. The van der Waals surface area contributed by atoms with Crippen molar-refractivity contribution in [3.05, 3.63) is 32.7 Å². The highest BCUT2D eigenvalue weighted by Crippen LogP contribution is 2.23. The van der Waals surface area contributed by atoms with E-state index in [9.17, 15) is 4.79 Å². The molecule has 1 aromatic carbocycles. The van der Waals surface area contributed by atoms with E-state index < -0.39 is 0 Å². The number of nitrogens with one attached hydrogen (secondary N) is 1. The fourth-order valence-electron chi connectivity index (χ4n) is 1.49. The first-order valence-corrected chi connectivity index (χ1v) is 6.51. The van der Waals surface area contributed by atoms with Crippen LogP contribution in [0.2, 0.25) is 0 Å². The molecule has 2 nitrogen and oxygen atoms in total. The van der Waals surface area contributed by atoms with Crippen molar-refractivity contribution >= 4 is 37.8 Å². The topological polar surface area (TPSA) is 29.1 Å². The molecule has 1 fully saturated rings. The molecule has 0 bridgehead atoms. The van der Waals surface area contributed by atoms with Crippen molar-refractivity contribution in [1.29, 1.82) is 0 Å². The molecule has 80 valence electrons. The molecule has 0 saturated heterocycles. The maximum atomic E-state index is 11.8. The quantitative estimate of drug-likeness (QED) is 0.882. The minimum Gasteiger partial charge on any atom is -0.349 e. The van der Waals surface area contributed by atoms with Gasteiger partial charge >= 0.3 is 0 Å². The molecule has 1 aliphatic carbocycles. The van der Waals surface area contributed by atoms with Crippen LogP contribution in [0.5, 0.6) is 0 Å². The van der Waals surface area contributed by atoms with Gasteiger partial charge in [-0.2, -0.15) is 0 Å². The van der Waals surface area contributed by atoms with Crippen LogP contribution in [0, 0.1) is 0 Å². The smallest absolute Gasteiger partial charge is 0.252 e. The number of benzene rings is 1. The van der Waals surface area contributed by atoms with Crippen LogP contribution in [0.15, 0.2) is 27.1 Å². The molecule has 0 radical (unpaired) electrons. The molecule has 0 atom stereocenters. The Morgan fingerprint density at radius 2 is 2.07 bits per heavy atom. The van der Waals surface area contributed by atoms with Gasteiger partial charge in [0.1, 0.15) is 0 Å². The summed E-state index contributed by atoms with van der Waals surface area (Å²) in [6.45, 7) is 0. The van der Waals surface area contributed by atoms with Crippen LogP contribution in [0.3, 0.4) is 0 Å². The van der Waals surface area contributed by atoms with E-state index in [2.05, 4.69) is 37.2 Å². The summed E-state index contributed by atoms with van der Waals surface area (Å²) < 4.78 is 1.79. The lowest BCUT2D eigenvalue weighted by Gasteiger charge is -2.26. The summed E-state index contributed by atoms with van der Waals surface area (Å²) in [6, 6.07) is 5.96. The van der Waals surface area contributed by atoms with Crippen molar-refractivity contribution in [3.8, 4) is 0 Å². The molecule has 0 heterocycles. The SMILES string of the molecule is O=C(NC1CCC1)c1ccc(Br)cc1Br. The average molecular weight is 333 g/mol. The van der Waals surface area contributed by atoms with Crippen molar-refractivity contribution in [3.63, 3.8) is 0 Å². The van der Waals surface area contributed by atoms with Gasteiger partial charge in [-0.05, 0) is 53.4 Å². The fraction of sp³-hybridized carbons (Fsp3) is 0.364. The van der Waals surface area contributed by atoms with Crippen LogP contribution in [0.25, 0.3) is 0 Å². The molecule has 0 aromatic heterocycles. The standard InChI is InChI=1S/C11H11Br2NO/c12-7-4-5-9(10(13)6-7)11(15)14-8-2-1-3-8/h4-6,8H,1-3H2,(H,14,15). The fourth-order valence-corrected chi connectivity index (χ4v) is 2.72. The number of hydrogen-bond donors (Lipinski definition) is 1. The first kappa shape index (κ1) is 11.1. The van der Waals surface area contributed by atoms with Gasteiger partial charge in [-0.25, -0.2) is 0 Å². The first-order chi connectivity index (χ1) is 7.16. The van der Waals surface area contributed by atoms with Crippen LogP contribution in [-0.4, -0.2) is 11.9 Å². The monoisotopic (exact) mass is 331 g/mol. The van der Waals surface area contributed by atoms with E-state index in [1.54, 1.807) is 0 Å². The van der Waals surface area contributed by atoms with Crippen LogP contribution in [0.1, 0.15) is 29.6 Å². The highest BCUT2D eigenvalue weighted by atomic mass is 79.9.